The molecule has 4 rings (SSSR count). The lowest BCUT2D eigenvalue weighted by atomic mass is 9.97. The molecule has 1 unspecified atom stereocenters. The first-order valence-corrected chi connectivity index (χ1v) is 9.36. The molecule has 8 heteroatoms. The summed E-state index contributed by atoms with van der Waals surface area (Å²) in [7, 11) is 0. The molecular formula is C21H13Cl2F3N2O. The van der Waals surface area contributed by atoms with Crippen molar-refractivity contribution in [3.63, 3.8) is 0 Å². The summed E-state index contributed by atoms with van der Waals surface area (Å²) in [5, 5.41) is 0.659. The second kappa shape index (κ2) is 7.69. The number of hydrogen-bond donors (Lipinski definition) is 0. The van der Waals surface area contributed by atoms with Crippen LogP contribution in [-0.4, -0.2) is 17.5 Å². The molecule has 2 aromatic carbocycles. The third-order valence-corrected chi connectivity index (χ3v) is 5.13. The van der Waals surface area contributed by atoms with Crippen LogP contribution in [0.25, 0.3) is 11.1 Å². The van der Waals surface area contributed by atoms with Crippen molar-refractivity contribution < 1.29 is 17.9 Å². The van der Waals surface area contributed by atoms with Gasteiger partial charge in [-0.15, -0.1) is 0 Å². The Morgan fingerprint density at radius 1 is 0.931 bits per heavy atom. The highest BCUT2D eigenvalue weighted by molar-refractivity contribution is 6.39. The fourth-order valence-electron chi connectivity index (χ4n) is 3.16. The Morgan fingerprint density at radius 2 is 1.59 bits per heavy atom. The van der Waals surface area contributed by atoms with Gasteiger partial charge in [0.25, 0.3) is 0 Å². The van der Waals surface area contributed by atoms with Crippen LogP contribution in [0.2, 0.25) is 10.0 Å². The van der Waals surface area contributed by atoms with E-state index in [0.29, 0.717) is 27.1 Å². The highest BCUT2D eigenvalue weighted by Crippen LogP contribution is 2.37. The molecule has 2 heterocycles. The van der Waals surface area contributed by atoms with Crippen molar-refractivity contribution in [1.29, 1.82) is 0 Å². The van der Waals surface area contributed by atoms with E-state index in [2.05, 4.69) is 9.98 Å². The topological polar surface area (TPSA) is 34.5 Å². The molecule has 148 valence electrons. The van der Waals surface area contributed by atoms with E-state index in [1.807, 2.05) is 0 Å². The monoisotopic (exact) mass is 436 g/mol. The molecular weight excluding hydrogens is 424 g/mol. The number of halogens is 5. The second-order valence-corrected chi connectivity index (χ2v) is 7.22. The lowest BCUT2D eigenvalue weighted by Crippen LogP contribution is -2.06. The number of aromatic nitrogens is 1. The molecule has 1 aliphatic heterocycles. The summed E-state index contributed by atoms with van der Waals surface area (Å²) < 4.78 is 45.5. The van der Waals surface area contributed by atoms with Crippen LogP contribution in [-0.2, 0) is 10.9 Å². The normalized spacial score (nSPS) is 16.4. The van der Waals surface area contributed by atoms with Gasteiger partial charge in [-0.25, -0.2) is 4.99 Å². The van der Waals surface area contributed by atoms with Gasteiger partial charge in [-0.3, -0.25) is 4.98 Å². The third-order valence-electron chi connectivity index (χ3n) is 4.56. The average Bonchev–Trinajstić information content (AvgIpc) is 3.17. The Hall–Kier alpha value is -2.57. The van der Waals surface area contributed by atoms with Crippen LogP contribution in [0.1, 0.15) is 22.7 Å². The summed E-state index contributed by atoms with van der Waals surface area (Å²) >= 11 is 12.3. The Kier molecular flexibility index (Phi) is 5.23. The SMILES string of the molecule is FC(F)(F)c1ccccc1-c1ccc(C2COC(c3c(Cl)cncc3Cl)=N2)cc1. The van der Waals surface area contributed by atoms with E-state index in [9.17, 15) is 13.2 Å². The lowest BCUT2D eigenvalue weighted by Gasteiger charge is -2.13. The first-order valence-electron chi connectivity index (χ1n) is 8.61. The Balaban J connectivity index is 1.63. The number of rotatable bonds is 3. The molecule has 1 atom stereocenters. The maximum absolute atomic E-state index is 13.3. The molecule has 0 saturated heterocycles. The highest BCUT2D eigenvalue weighted by atomic mass is 35.5. The van der Waals surface area contributed by atoms with Crippen molar-refractivity contribution in [2.45, 2.75) is 12.2 Å². The number of hydrogen-bond acceptors (Lipinski definition) is 3. The van der Waals surface area contributed by atoms with E-state index < -0.39 is 11.7 Å². The molecule has 29 heavy (non-hydrogen) atoms. The lowest BCUT2D eigenvalue weighted by molar-refractivity contribution is -0.137. The minimum Gasteiger partial charge on any atom is -0.475 e. The fraction of sp³-hybridized carbons (Fsp3) is 0.143. The Morgan fingerprint density at radius 3 is 2.24 bits per heavy atom. The van der Waals surface area contributed by atoms with Gasteiger partial charge < -0.3 is 4.74 Å². The predicted molar refractivity (Wildman–Crippen MR) is 106 cm³/mol. The van der Waals surface area contributed by atoms with Crippen LogP contribution in [0, 0.1) is 0 Å². The van der Waals surface area contributed by atoms with E-state index in [0.717, 1.165) is 11.6 Å². The Labute approximate surface area is 174 Å². The first-order chi connectivity index (χ1) is 13.8. The number of ether oxygens (including phenoxy) is 1. The Bertz CT molecular complexity index is 1060. The zero-order valence-corrected chi connectivity index (χ0v) is 16.3. The molecule has 0 N–H and O–H groups in total. The molecule has 0 bridgehead atoms. The molecule has 0 saturated carbocycles. The number of pyridine rings is 1. The van der Waals surface area contributed by atoms with E-state index in [-0.39, 0.29) is 18.2 Å². The first kappa shape index (κ1) is 19.7. The van der Waals surface area contributed by atoms with Crippen molar-refractivity contribution in [2.75, 3.05) is 6.61 Å². The molecule has 0 radical (unpaired) electrons. The zero-order valence-electron chi connectivity index (χ0n) is 14.8. The number of alkyl halides is 3. The molecule has 0 amide bonds. The number of aliphatic imine (C=N–C) groups is 1. The second-order valence-electron chi connectivity index (χ2n) is 6.40. The van der Waals surface area contributed by atoms with Gasteiger partial charge in [0.05, 0.1) is 21.2 Å². The maximum Gasteiger partial charge on any atom is 0.417 e. The van der Waals surface area contributed by atoms with E-state index in [4.69, 9.17) is 27.9 Å². The largest absolute Gasteiger partial charge is 0.475 e. The van der Waals surface area contributed by atoms with Crippen molar-refractivity contribution in [2.24, 2.45) is 4.99 Å². The van der Waals surface area contributed by atoms with Crippen LogP contribution in [0.4, 0.5) is 13.2 Å². The fourth-order valence-corrected chi connectivity index (χ4v) is 3.69. The van der Waals surface area contributed by atoms with Crippen molar-refractivity contribution in [1.82, 2.24) is 4.98 Å². The van der Waals surface area contributed by atoms with Gasteiger partial charge in [-0.1, -0.05) is 65.7 Å². The number of benzene rings is 2. The molecule has 1 aromatic heterocycles. The summed E-state index contributed by atoms with van der Waals surface area (Å²) in [6, 6.07) is 12.0. The molecule has 1 aliphatic rings. The van der Waals surface area contributed by atoms with Crippen LogP contribution < -0.4 is 0 Å². The van der Waals surface area contributed by atoms with Crippen LogP contribution >= 0.6 is 23.2 Å². The number of nitrogens with zero attached hydrogens (tertiary/aromatic N) is 2. The molecule has 0 spiro atoms. The standard InChI is InChI=1S/C21H13Cl2F3N2O/c22-16-9-27-10-17(23)19(16)20-28-18(11-29-20)13-7-5-12(6-8-13)14-3-1-2-4-15(14)21(24,25)26/h1-10,18H,11H2. The van der Waals surface area contributed by atoms with Gasteiger partial charge in [0.1, 0.15) is 12.6 Å². The van der Waals surface area contributed by atoms with E-state index in [1.165, 1.54) is 24.5 Å². The summed E-state index contributed by atoms with van der Waals surface area (Å²) in [6.07, 6.45) is -1.51. The average molecular weight is 437 g/mol. The smallest absolute Gasteiger partial charge is 0.417 e. The molecule has 3 nitrogen and oxygen atoms in total. The summed E-state index contributed by atoms with van der Waals surface area (Å²) in [5.41, 5.74) is 1.23. The van der Waals surface area contributed by atoms with E-state index >= 15 is 0 Å². The van der Waals surface area contributed by atoms with Crippen molar-refractivity contribution in [3.05, 3.63) is 87.7 Å². The van der Waals surface area contributed by atoms with Crippen molar-refractivity contribution in [3.8, 4) is 11.1 Å². The highest BCUT2D eigenvalue weighted by Gasteiger charge is 2.33. The van der Waals surface area contributed by atoms with Gasteiger partial charge in [-0.05, 0) is 22.8 Å². The summed E-state index contributed by atoms with van der Waals surface area (Å²) in [4.78, 5) is 8.43. The summed E-state index contributed by atoms with van der Waals surface area (Å²) in [6.45, 7) is 0.281. The molecule has 0 fully saturated rings. The van der Waals surface area contributed by atoms with Gasteiger partial charge in [0.15, 0.2) is 0 Å². The van der Waals surface area contributed by atoms with Crippen LogP contribution in [0.5, 0.6) is 0 Å². The van der Waals surface area contributed by atoms with Gasteiger partial charge in [0, 0.05) is 12.4 Å². The van der Waals surface area contributed by atoms with Gasteiger partial charge in [0.2, 0.25) is 5.90 Å². The zero-order chi connectivity index (χ0) is 20.6. The van der Waals surface area contributed by atoms with Gasteiger partial charge in [-0.2, -0.15) is 13.2 Å². The minimum atomic E-state index is -4.42. The van der Waals surface area contributed by atoms with Crippen LogP contribution in [0.3, 0.4) is 0 Å². The summed E-state index contributed by atoms with van der Waals surface area (Å²) in [5.74, 6) is 0.318. The van der Waals surface area contributed by atoms with E-state index in [1.54, 1.807) is 30.3 Å². The van der Waals surface area contributed by atoms with Crippen molar-refractivity contribution >= 4 is 29.1 Å². The molecule has 0 aliphatic carbocycles. The molecule has 3 aromatic rings. The third kappa shape index (κ3) is 3.95. The minimum absolute atomic E-state index is 0.133. The van der Waals surface area contributed by atoms with Crippen LogP contribution in [0.15, 0.2) is 65.9 Å². The van der Waals surface area contributed by atoms with Gasteiger partial charge >= 0.3 is 6.18 Å². The predicted octanol–water partition coefficient (Wildman–Crippen LogP) is 6.59. The quantitative estimate of drug-likeness (QED) is 0.463. The maximum atomic E-state index is 13.3.